The Balaban J connectivity index is 1.36. The molecular weight excluding hydrogens is 326 g/mol. The van der Waals surface area contributed by atoms with Crippen molar-refractivity contribution in [1.82, 2.24) is 9.80 Å². The molecule has 1 atom stereocenters. The van der Waals surface area contributed by atoms with Crippen molar-refractivity contribution in [2.75, 3.05) is 38.5 Å². The summed E-state index contributed by atoms with van der Waals surface area (Å²) in [5, 5.41) is 3.01. The third-order valence-corrected chi connectivity index (χ3v) is 5.14. The molecule has 1 amide bonds. The van der Waals surface area contributed by atoms with E-state index in [4.69, 9.17) is 4.74 Å². The summed E-state index contributed by atoms with van der Waals surface area (Å²) in [5.74, 6) is 0.731. The van der Waals surface area contributed by atoms with Gasteiger partial charge in [-0.05, 0) is 36.4 Å². The highest BCUT2D eigenvalue weighted by molar-refractivity contribution is 5.95. The summed E-state index contributed by atoms with van der Waals surface area (Å²) in [4.78, 5) is 17.4. The molecule has 26 heavy (non-hydrogen) atoms. The molecule has 0 saturated carbocycles. The number of benzene rings is 2. The zero-order chi connectivity index (χ0) is 17.9. The quantitative estimate of drug-likeness (QED) is 0.919. The topological polar surface area (TPSA) is 44.8 Å². The summed E-state index contributed by atoms with van der Waals surface area (Å²) in [5.41, 5.74) is 3.15. The number of para-hydroxylation sites is 1. The Kier molecular flexibility index (Phi) is 4.91. The fraction of sp³-hybridized carbons (Fsp3) is 0.381. The van der Waals surface area contributed by atoms with Crippen LogP contribution in [0.15, 0.2) is 48.5 Å². The van der Waals surface area contributed by atoms with Crippen LogP contribution in [0, 0.1) is 0 Å². The summed E-state index contributed by atoms with van der Waals surface area (Å²) in [6.07, 6.45) is 0.178. The van der Waals surface area contributed by atoms with Gasteiger partial charge in [0.25, 0.3) is 5.91 Å². The van der Waals surface area contributed by atoms with E-state index in [1.165, 1.54) is 5.56 Å². The van der Waals surface area contributed by atoms with Crippen LogP contribution >= 0.6 is 0 Å². The van der Waals surface area contributed by atoms with Crippen LogP contribution in [0.4, 0.5) is 5.69 Å². The van der Waals surface area contributed by atoms with E-state index in [9.17, 15) is 4.79 Å². The van der Waals surface area contributed by atoms with Gasteiger partial charge in [0.2, 0.25) is 0 Å². The average molecular weight is 351 g/mol. The minimum absolute atomic E-state index is 0.0852. The van der Waals surface area contributed by atoms with Crippen molar-refractivity contribution in [3.8, 4) is 5.75 Å². The van der Waals surface area contributed by atoms with Crippen molar-refractivity contribution in [2.45, 2.75) is 19.1 Å². The Labute approximate surface area is 154 Å². The Morgan fingerprint density at radius 2 is 1.92 bits per heavy atom. The highest BCUT2D eigenvalue weighted by Crippen LogP contribution is 2.28. The van der Waals surface area contributed by atoms with E-state index in [2.05, 4.69) is 34.3 Å². The summed E-state index contributed by atoms with van der Waals surface area (Å²) in [7, 11) is 2.16. The van der Waals surface area contributed by atoms with Crippen LogP contribution in [-0.4, -0.2) is 55.0 Å². The third-order valence-electron chi connectivity index (χ3n) is 5.14. The minimum atomic E-state index is -0.450. The van der Waals surface area contributed by atoms with Crippen LogP contribution < -0.4 is 10.1 Å². The zero-order valence-electron chi connectivity index (χ0n) is 15.1. The number of anilines is 1. The number of nitrogens with zero attached hydrogens (tertiary/aromatic N) is 2. The lowest BCUT2D eigenvalue weighted by Gasteiger charge is -2.32. The maximum atomic E-state index is 12.6. The first-order chi connectivity index (χ1) is 12.7. The van der Waals surface area contributed by atoms with Gasteiger partial charge in [-0.15, -0.1) is 0 Å². The van der Waals surface area contributed by atoms with E-state index in [-0.39, 0.29) is 5.91 Å². The highest BCUT2D eigenvalue weighted by Gasteiger charge is 2.28. The number of carbonyl (C=O) groups is 1. The molecule has 1 saturated heterocycles. The molecule has 1 unspecified atom stereocenters. The zero-order valence-corrected chi connectivity index (χ0v) is 15.1. The van der Waals surface area contributed by atoms with E-state index in [1.54, 1.807) is 0 Å². The van der Waals surface area contributed by atoms with Gasteiger partial charge in [0.1, 0.15) is 5.75 Å². The van der Waals surface area contributed by atoms with Crippen molar-refractivity contribution in [3.05, 3.63) is 59.7 Å². The maximum absolute atomic E-state index is 12.6. The molecule has 2 aliphatic rings. The van der Waals surface area contributed by atoms with Gasteiger partial charge in [0, 0.05) is 44.8 Å². The number of nitrogens with one attached hydrogen (secondary N) is 1. The van der Waals surface area contributed by atoms with Crippen molar-refractivity contribution in [3.63, 3.8) is 0 Å². The van der Waals surface area contributed by atoms with Gasteiger partial charge >= 0.3 is 0 Å². The largest absolute Gasteiger partial charge is 0.480 e. The first-order valence-corrected chi connectivity index (χ1v) is 9.23. The molecule has 0 spiro atoms. The van der Waals surface area contributed by atoms with E-state index in [1.807, 2.05) is 36.4 Å². The van der Waals surface area contributed by atoms with Crippen molar-refractivity contribution in [1.29, 1.82) is 0 Å². The molecular formula is C21H25N3O2. The Hall–Kier alpha value is -2.37. The Bertz CT molecular complexity index is 759. The van der Waals surface area contributed by atoms with Gasteiger partial charge in [0.15, 0.2) is 6.10 Å². The summed E-state index contributed by atoms with van der Waals surface area (Å²) in [6.45, 7) is 5.30. The van der Waals surface area contributed by atoms with Crippen molar-refractivity contribution < 1.29 is 9.53 Å². The monoisotopic (exact) mass is 351 g/mol. The number of fused-ring (bicyclic) bond motifs is 1. The van der Waals surface area contributed by atoms with Crippen LogP contribution in [0.3, 0.4) is 0 Å². The average Bonchev–Trinajstić information content (AvgIpc) is 3.08. The second-order valence-corrected chi connectivity index (χ2v) is 7.19. The lowest BCUT2D eigenvalue weighted by atomic mass is 10.1. The summed E-state index contributed by atoms with van der Waals surface area (Å²) < 4.78 is 5.78. The number of hydrogen-bond acceptors (Lipinski definition) is 4. The number of ether oxygens (including phenoxy) is 1. The molecule has 136 valence electrons. The van der Waals surface area contributed by atoms with Gasteiger partial charge in [-0.1, -0.05) is 30.3 Å². The van der Waals surface area contributed by atoms with E-state index in [0.717, 1.165) is 49.7 Å². The molecule has 4 rings (SSSR count). The standard InChI is InChI=1S/C21H25N3O2/c1-23-9-11-24(12-10-23)15-16-5-4-7-18(13-16)22-21(25)20-14-17-6-2-3-8-19(17)26-20/h2-8,13,20H,9-12,14-15H2,1H3,(H,22,25). The van der Waals surface area contributed by atoms with Gasteiger partial charge in [-0.2, -0.15) is 0 Å². The molecule has 2 aromatic carbocycles. The fourth-order valence-electron chi connectivity index (χ4n) is 3.56. The molecule has 5 heteroatoms. The van der Waals surface area contributed by atoms with Gasteiger partial charge in [-0.25, -0.2) is 0 Å². The number of hydrogen-bond donors (Lipinski definition) is 1. The van der Waals surface area contributed by atoms with E-state index in [0.29, 0.717) is 6.42 Å². The molecule has 0 aliphatic carbocycles. The molecule has 0 aromatic heterocycles. The molecule has 1 fully saturated rings. The molecule has 2 aliphatic heterocycles. The Morgan fingerprint density at radius 1 is 1.12 bits per heavy atom. The molecule has 1 N–H and O–H groups in total. The number of piperazine rings is 1. The van der Waals surface area contributed by atoms with Crippen LogP contribution in [0.1, 0.15) is 11.1 Å². The lowest BCUT2D eigenvalue weighted by Crippen LogP contribution is -2.43. The molecule has 2 aromatic rings. The van der Waals surface area contributed by atoms with Crippen LogP contribution in [-0.2, 0) is 17.8 Å². The Morgan fingerprint density at radius 3 is 2.73 bits per heavy atom. The van der Waals surface area contributed by atoms with Gasteiger partial charge < -0.3 is 15.0 Å². The molecule has 5 nitrogen and oxygen atoms in total. The smallest absolute Gasteiger partial charge is 0.265 e. The van der Waals surface area contributed by atoms with E-state index >= 15 is 0 Å². The number of amides is 1. The summed E-state index contributed by atoms with van der Waals surface area (Å²) >= 11 is 0. The predicted molar refractivity (Wildman–Crippen MR) is 102 cm³/mol. The second-order valence-electron chi connectivity index (χ2n) is 7.19. The number of likely N-dealkylation sites (N-methyl/N-ethyl adjacent to an activating group) is 1. The predicted octanol–water partition coefficient (Wildman–Crippen LogP) is 2.38. The lowest BCUT2D eigenvalue weighted by molar-refractivity contribution is -0.122. The normalized spacial score (nSPS) is 20.4. The van der Waals surface area contributed by atoms with Crippen molar-refractivity contribution >= 4 is 11.6 Å². The minimum Gasteiger partial charge on any atom is -0.480 e. The number of rotatable bonds is 4. The van der Waals surface area contributed by atoms with Crippen LogP contribution in [0.5, 0.6) is 5.75 Å². The molecule has 0 radical (unpaired) electrons. The van der Waals surface area contributed by atoms with E-state index < -0.39 is 6.10 Å². The SMILES string of the molecule is CN1CCN(Cc2cccc(NC(=O)C3Cc4ccccc4O3)c2)CC1. The highest BCUT2D eigenvalue weighted by atomic mass is 16.5. The second kappa shape index (κ2) is 7.48. The summed E-state index contributed by atoms with van der Waals surface area (Å²) in [6, 6.07) is 16.0. The number of carbonyl (C=O) groups excluding carboxylic acids is 1. The van der Waals surface area contributed by atoms with Gasteiger partial charge in [0.05, 0.1) is 0 Å². The third kappa shape index (κ3) is 3.89. The fourth-order valence-corrected chi connectivity index (χ4v) is 3.56. The molecule has 2 heterocycles. The van der Waals surface area contributed by atoms with Gasteiger partial charge in [-0.3, -0.25) is 9.69 Å². The van der Waals surface area contributed by atoms with Crippen LogP contribution in [0.25, 0.3) is 0 Å². The first kappa shape index (κ1) is 17.1. The molecule has 0 bridgehead atoms. The van der Waals surface area contributed by atoms with Crippen LogP contribution in [0.2, 0.25) is 0 Å². The van der Waals surface area contributed by atoms with Crippen molar-refractivity contribution in [2.24, 2.45) is 0 Å². The maximum Gasteiger partial charge on any atom is 0.265 e. The first-order valence-electron chi connectivity index (χ1n) is 9.23.